The second kappa shape index (κ2) is 5.07. The highest BCUT2D eigenvalue weighted by molar-refractivity contribution is 9.10. The van der Waals surface area contributed by atoms with Crippen molar-refractivity contribution >= 4 is 33.1 Å². The lowest BCUT2D eigenvalue weighted by atomic mass is 10.0. The summed E-state index contributed by atoms with van der Waals surface area (Å²) in [4.78, 5) is 1.17. The first-order valence-electron chi connectivity index (χ1n) is 6.21. The van der Waals surface area contributed by atoms with Crippen molar-refractivity contribution in [2.45, 2.75) is 6.92 Å². The zero-order valence-electron chi connectivity index (χ0n) is 11.2. The fraction of sp³-hybridized carbons (Fsp3) is 0.133. The van der Waals surface area contributed by atoms with E-state index in [9.17, 15) is 0 Å². The molecule has 0 bridgehead atoms. The molecule has 0 spiro atoms. The largest absolute Gasteiger partial charge is 0.383 e. The van der Waals surface area contributed by atoms with Crippen LogP contribution in [0.25, 0.3) is 21.7 Å². The van der Waals surface area contributed by atoms with Crippen LogP contribution < -0.4 is 5.73 Å². The van der Waals surface area contributed by atoms with Crippen molar-refractivity contribution in [3.8, 4) is 21.7 Å². The van der Waals surface area contributed by atoms with Gasteiger partial charge in [0.25, 0.3) is 0 Å². The lowest BCUT2D eigenvalue weighted by molar-refractivity contribution is 0.783. The number of aromatic nitrogens is 2. The molecule has 1 aromatic carbocycles. The van der Waals surface area contributed by atoms with Crippen molar-refractivity contribution in [3.05, 3.63) is 45.7 Å². The molecule has 3 rings (SSSR count). The van der Waals surface area contributed by atoms with Crippen LogP contribution in [0, 0.1) is 6.92 Å². The minimum absolute atomic E-state index is 0.680. The fourth-order valence-electron chi connectivity index (χ4n) is 2.24. The standard InChI is InChI=1S/C15H14BrN3S/c1-9-7-8-20-14(9)13-12(15(17)19(2)18-13)10-5-3-4-6-11(10)16/h3-8H,17H2,1-2H3. The van der Waals surface area contributed by atoms with Gasteiger partial charge in [-0.25, -0.2) is 0 Å². The quantitative estimate of drug-likeness (QED) is 0.743. The minimum atomic E-state index is 0.680. The summed E-state index contributed by atoms with van der Waals surface area (Å²) in [5.74, 6) is 0.680. The van der Waals surface area contributed by atoms with Gasteiger partial charge in [-0.3, -0.25) is 4.68 Å². The van der Waals surface area contributed by atoms with Crippen molar-refractivity contribution in [2.24, 2.45) is 7.05 Å². The average molecular weight is 348 g/mol. The van der Waals surface area contributed by atoms with Crippen molar-refractivity contribution in [3.63, 3.8) is 0 Å². The molecule has 0 fully saturated rings. The zero-order valence-corrected chi connectivity index (χ0v) is 13.6. The first-order chi connectivity index (χ1) is 9.59. The van der Waals surface area contributed by atoms with E-state index in [1.807, 2.05) is 25.2 Å². The van der Waals surface area contributed by atoms with Gasteiger partial charge in [-0.2, -0.15) is 5.10 Å². The number of hydrogen-bond donors (Lipinski definition) is 1. The van der Waals surface area contributed by atoms with Crippen molar-refractivity contribution in [1.29, 1.82) is 0 Å². The predicted octanol–water partition coefficient (Wildman–Crippen LogP) is 4.47. The van der Waals surface area contributed by atoms with E-state index >= 15 is 0 Å². The highest BCUT2D eigenvalue weighted by Gasteiger charge is 2.20. The predicted molar refractivity (Wildman–Crippen MR) is 88.8 cm³/mol. The Morgan fingerprint density at radius 3 is 2.65 bits per heavy atom. The van der Waals surface area contributed by atoms with Crippen LogP contribution in [0.1, 0.15) is 5.56 Å². The van der Waals surface area contributed by atoms with Gasteiger partial charge < -0.3 is 5.73 Å². The Hall–Kier alpha value is -1.59. The van der Waals surface area contributed by atoms with Gasteiger partial charge in [0.15, 0.2) is 0 Å². The zero-order chi connectivity index (χ0) is 14.3. The van der Waals surface area contributed by atoms with Gasteiger partial charge >= 0.3 is 0 Å². The van der Waals surface area contributed by atoms with Gasteiger partial charge in [0.05, 0.1) is 10.4 Å². The third-order valence-electron chi connectivity index (χ3n) is 3.31. The maximum Gasteiger partial charge on any atom is 0.129 e. The molecule has 0 unspecified atom stereocenters. The molecule has 0 saturated carbocycles. The lowest BCUT2D eigenvalue weighted by Crippen LogP contribution is -1.98. The Kier molecular flexibility index (Phi) is 3.40. The molecule has 0 amide bonds. The van der Waals surface area contributed by atoms with Crippen molar-refractivity contribution in [2.75, 3.05) is 5.73 Å². The first kappa shape index (κ1) is 13.4. The molecule has 3 nitrogen and oxygen atoms in total. The maximum atomic E-state index is 6.24. The molecule has 2 N–H and O–H groups in total. The van der Waals surface area contributed by atoms with Crippen LogP contribution in [0.15, 0.2) is 40.2 Å². The Bertz CT molecular complexity index is 773. The SMILES string of the molecule is Cc1ccsc1-c1nn(C)c(N)c1-c1ccccc1Br. The number of nitrogens with two attached hydrogens (primary N) is 1. The van der Waals surface area contributed by atoms with E-state index in [2.05, 4.69) is 45.5 Å². The molecule has 5 heteroatoms. The number of nitrogen functional groups attached to an aromatic ring is 1. The highest BCUT2D eigenvalue weighted by atomic mass is 79.9. The second-order valence-electron chi connectivity index (χ2n) is 4.65. The van der Waals surface area contributed by atoms with Crippen molar-refractivity contribution < 1.29 is 0 Å². The summed E-state index contributed by atoms with van der Waals surface area (Å²) < 4.78 is 2.76. The number of rotatable bonds is 2. The van der Waals surface area contributed by atoms with Gasteiger partial charge in [0, 0.05) is 17.1 Å². The monoisotopic (exact) mass is 347 g/mol. The molecule has 0 aliphatic carbocycles. The van der Waals surface area contributed by atoms with Crippen LogP contribution in [-0.2, 0) is 7.05 Å². The summed E-state index contributed by atoms with van der Waals surface area (Å²) in [5, 5.41) is 6.69. The van der Waals surface area contributed by atoms with Gasteiger partial charge in [-0.1, -0.05) is 34.1 Å². The molecule has 20 heavy (non-hydrogen) atoms. The highest BCUT2D eigenvalue weighted by Crippen LogP contribution is 2.41. The normalized spacial score (nSPS) is 10.9. The smallest absolute Gasteiger partial charge is 0.129 e. The topological polar surface area (TPSA) is 43.8 Å². The number of benzene rings is 1. The summed E-state index contributed by atoms with van der Waals surface area (Å²) in [5.41, 5.74) is 10.5. The number of nitrogens with zero attached hydrogens (tertiary/aromatic N) is 2. The second-order valence-corrected chi connectivity index (χ2v) is 6.42. The Morgan fingerprint density at radius 1 is 1.25 bits per heavy atom. The van der Waals surface area contributed by atoms with Crippen molar-refractivity contribution in [1.82, 2.24) is 9.78 Å². The molecular formula is C15H14BrN3S. The number of thiophene rings is 1. The van der Waals surface area contributed by atoms with Gasteiger partial charge in [-0.15, -0.1) is 11.3 Å². The molecule has 0 radical (unpaired) electrons. The van der Waals surface area contributed by atoms with Crippen LogP contribution in [0.3, 0.4) is 0 Å². The van der Waals surface area contributed by atoms with Crippen LogP contribution in [0.4, 0.5) is 5.82 Å². The molecule has 0 aliphatic heterocycles. The van der Waals surface area contributed by atoms with Gasteiger partial charge in [0.2, 0.25) is 0 Å². The number of halogens is 1. The Morgan fingerprint density at radius 2 is 2.00 bits per heavy atom. The van der Waals surface area contributed by atoms with Crippen LogP contribution in [0.5, 0.6) is 0 Å². The van der Waals surface area contributed by atoms with E-state index in [1.165, 1.54) is 10.4 Å². The van der Waals surface area contributed by atoms with E-state index < -0.39 is 0 Å². The van der Waals surface area contributed by atoms with Crippen LogP contribution >= 0.6 is 27.3 Å². The van der Waals surface area contributed by atoms with Gasteiger partial charge in [-0.05, 0) is 30.0 Å². The molecule has 0 atom stereocenters. The van der Waals surface area contributed by atoms with E-state index in [0.717, 1.165) is 21.3 Å². The van der Waals surface area contributed by atoms with E-state index in [1.54, 1.807) is 16.0 Å². The molecule has 0 saturated heterocycles. The first-order valence-corrected chi connectivity index (χ1v) is 7.88. The summed E-state index contributed by atoms with van der Waals surface area (Å²) in [6.45, 7) is 2.10. The molecule has 2 heterocycles. The van der Waals surface area contributed by atoms with Crippen LogP contribution in [-0.4, -0.2) is 9.78 Å². The summed E-state index contributed by atoms with van der Waals surface area (Å²) in [6.07, 6.45) is 0. The van der Waals surface area contributed by atoms with E-state index in [0.29, 0.717) is 5.82 Å². The van der Waals surface area contributed by atoms with Gasteiger partial charge in [0.1, 0.15) is 11.5 Å². The molecule has 2 aromatic heterocycles. The Balaban J connectivity index is 2.31. The molecule has 0 aliphatic rings. The lowest BCUT2D eigenvalue weighted by Gasteiger charge is -2.06. The number of anilines is 1. The molecule has 102 valence electrons. The van der Waals surface area contributed by atoms with E-state index in [4.69, 9.17) is 5.73 Å². The summed E-state index contributed by atoms with van der Waals surface area (Å²) >= 11 is 5.30. The van der Waals surface area contributed by atoms with Crippen LogP contribution in [0.2, 0.25) is 0 Å². The van der Waals surface area contributed by atoms with E-state index in [-0.39, 0.29) is 0 Å². The molecule has 3 aromatic rings. The average Bonchev–Trinajstić information content (AvgIpc) is 2.96. The summed E-state index contributed by atoms with van der Waals surface area (Å²) in [7, 11) is 1.88. The maximum absolute atomic E-state index is 6.24. The third kappa shape index (κ3) is 2.07. The number of aryl methyl sites for hydroxylation is 2. The fourth-order valence-corrected chi connectivity index (χ4v) is 3.64. The Labute approximate surface area is 130 Å². The summed E-state index contributed by atoms with van der Waals surface area (Å²) in [6, 6.07) is 10.2. The third-order valence-corrected chi connectivity index (χ3v) is 5.03. The number of hydrogen-bond acceptors (Lipinski definition) is 3. The minimum Gasteiger partial charge on any atom is -0.383 e. The molecular weight excluding hydrogens is 334 g/mol.